The Morgan fingerprint density at radius 3 is 2.05 bits per heavy atom. The lowest BCUT2D eigenvalue weighted by atomic mass is 10.1. The molecule has 1 aromatic rings. The van der Waals surface area contributed by atoms with Gasteiger partial charge in [0.15, 0.2) is 9.84 Å². The summed E-state index contributed by atoms with van der Waals surface area (Å²) in [4.78, 5) is 0.187. The summed E-state index contributed by atoms with van der Waals surface area (Å²) < 4.78 is 55.4. The van der Waals surface area contributed by atoms with Gasteiger partial charge in [-0.05, 0) is 45.0 Å². The van der Waals surface area contributed by atoms with Gasteiger partial charge in [-0.3, -0.25) is 0 Å². The van der Waals surface area contributed by atoms with E-state index in [0.29, 0.717) is 0 Å². The molecule has 124 valence electrons. The molecule has 0 aliphatic carbocycles. The predicted molar refractivity (Wildman–Crippen MR) is 82.9 cm³/mol. The topological polar surface area (TPSA) is 80.8 Å². The molecule has 1 unspecified atom stereocenters. The second-order valence-electron chi connectivity index (χ2n) is 6.23. The molecule has 0 amide bonds. The fourth-order valence-corrected chi connectivity index (χ4v) is 4.88. The van der Waals surface area contributed by atoms with E-state index >= 15 is 0 Å². The van der Waals surface area contributed by atoms with Crippen LogP contribution in [0, 0.1) is 0 Å². The molecule has 1 aromatic carbocycles. The zero-order valence-electron chi connectivity index (χ0n) is 13.1. The van der Waals surface area contributed by atoms with Gasteiger partial charge in [-0.2, -0.15) is 4.31 Å². The van der Waals surface area contributed by atoms with Gasteiger partial charge in [0.2, 0.25) is 10.0 Å². The summed E-state index contributed by atoms with van der Waals surface area (Å²) in [5.41, 5.74) is -0.558. The summed E-state index contributed by atoms with van der Waals surface area (Å²) in [5, 5.41) is 0. The molecular formula is C14H21NO5S2. The van der Waals surface area contributed by atoms with Crippen LogP contribution in [0.5, 0.6) is 0 Å². The van der Waals surface area contributed by atoms with Crippen LogP contribution >= 0.6 is 0 Å². The molecule has 1 aliphatic rings. The first-order chi connectivity index (χ1) is 9.92. The van der Waals surface area contributed by atoms with Crippen LogP contribution in [0.4, 0.5) is 0 Å². The molecule has 2 rings (SSSR count). The lowest BCUT2D eigenvalue weighted by Gasteiger charge is -2.40. The van der Waals surface area contributed by atoms with E-state index < -0.39 is 25.5 Å². The number of nitrogens with zero attached hydrogens (tertiary/aromatic N) is 1. The van der Waals surface area contributed by atoms with E-state index in [1.807, 2.05) is 20.8 Å². The third-order valence-electron chi connectivity index (χ3n) is 3.43. The van der Waals surface area contributed by atoms with Crippen LogP contribution in [-0.2, 0) is 24.6 Å². The summed E-state index contributed by atoms with van der Waals surface area (Å²) in [7, 11) is -7.02. The third-order valence-corrected chi connectivity index (χ3v) is 6.38. The van der Waals surface area contributed by atoms with Crippen LogP contribution in [0.25, 0.3) is 0 Å². The highest BCUT2D eigenvalue weighted by Crippen LogP contribution is 2.26. The van der Waals surface area contributed by atoms with Gasteiger partial charge >= 0.3 is 0 Å². The average molecular weight is 347 g/mol. The van der Waals surface area contributed by atoms with Crippen LogP contribution < -0.4 is 0 Å². The van der Waals surface area contributed by atoms with E-state index in [9.17, 15) is 16.8 Å². The maximum absolute atomic E-state index is 12.7. The highest BCUT2D eigenvalue weighted by Gasteiger charge is 2.37. The normalized spacial score (nSPS) is 23.4. The second kappa shape index (κ2) is 5.59. The number of sulfone groups is 1. The number of hydrogen-bond acceptors (Lipinski definition) is 5. The maximum atomic E-state index is 12.7. The first kappa shape index (κ1) is 17.4. The van der Waals surface area contributed by atoms with Gasteiger partial charge in [0, 0.05) is 19.3 Å². The molecule has 1 fully saturated rings. The molecule has 22 heavy (non-hydrogen) atoms. The van der Waals surface area contributed by atoms with Crippen molar-refractivity contribution in [3.8, 4) is 0 Å². The fourth-order valence-electron chi connectivity index (χ4n) is 2.59. The SMILES string of the molecule is CC1CN(S(=O)(=O)c2ccc(S(C)(=O)=O)cc2)CC(C)(C)O1. The Morgan fingerprint density at radius 1 is 1.09 bits per heavy atom. The number of rotatable bonds is 3. The minimum Gasteiger partial charge on any atom is -0.370 e. The smallest absolute Gasteiger partial charge is 0.243 e. The van der Waals surface area contributed by atoms with Gasteiger partial charge in [-0.1, -0.05) is 0 Å². The van der Waals surface area contributed by atoms with Gasteiger partial charge < -0.3 is 4.74 Å². The van der Waals surface area contributed by atoms with Gasteiger partial charge in [0.25, 0.3) is 0 Å². The van der Waals surface area contributed by atoms with Crippen molar-refractivity contribution in [3.63, 3.8) is 0 Å². The van der Waals surface area contributed by atoms with Crippen molar-refractivity contribution in [1.29, 1.82) is 0 Å². The van der Waals surface area contributed by atoms with Crippen molar-refractivity contribution in [2.45, 2.75) is 42.3 Å². The zero-order valence-corrected chi connectivity index (χ0v) is 14.7. The standard InChI is InChI=1S/C14H21NO5S2/c1-11-9-15(10-14(2,3)20-11)22(18,19)13-7-5-12(6-8-13)21(4,16)17/h5-8,11H,9-10H2,1-4H3. The van der Waals surface area contributed by atoms with E-state index in [4.69, 9.17) is 4.74 Å². The van der Waals surface area contributed by atoms with E-state index in [2.05, 4.69) is 0 Å². The Labute approximate surface area is 132 Å². The second-order valence-corrected chi connectivity index (χ2v) is 10.2. The van der Waals surface area contributed by atoms with E-state index in [1.54, 1.807) is 0 Å². The van der Waals surface area contributed by atoms with Crippen molar-refractivity contribution >= 4 is 19.9 Å². The molecular weight excluding hydrogens is 326 g/mol. The molecule has 0 N–H and O–H groups in total. The van der Waals surface area contributed by atoms with Crippen LogP contribution in [0.2, 0.25) is 0 Å². The molecule has 8 heteroatoms. The van der Waals surface area contributed by atoms with Gasteiger partial charge in [-0.15, -0.1) is 0 Å². The fraction of sp³-hybridized carbons (Fsp3) is 0.571. The summed E-state index contributed by atoms with van der Waals surface area (Å²) in [6, 6.07) is 5.30. The monoisotopic (exact) mass is 347 g/mol. The van der Waals surface area contributed by atoms with Crippen LogP contribution in [0.1, 0.15) is 20.8 Å². The van der Waals surface area contributed by atoms with Crippen LogP contribution in [0.3, 0.4) is 0 Å². The lowest BCUT2D eigenvalue weighted by molar-refractivity contribution is -0.109. The Bertz CT molecular complexity index is 751. The van der Waals surface area contributed by atoms with Crippen molar-refractivity contribution < 1.29 is 21.6 Å². The Balaban J connectivity index is 2.34. The molecule has 1 saturated heterocycles. The number of ether oxygens (including phenoxy) is 1. The van der Waals surface area contributed by atoms with Gasteiger partial charge in [0.05, 0.1) is 21.5 Å². The summed E-state index contributed by atoms with van der Waals surface area (Å²) >= 11 is 0. The Kier molecular flexibility index (Phi) is 4.42. The van der Waals surface area contributed by atoms with Crippen molar-refractivity contribution in [2.75, 3.05) is 19.3 Å². The lowest BCUT2D eigenvalue weighted by Crippen LogP contribution is -2.53. The molecule has 6 nitrogen and oxygen atoms in total. The van der Waals surface area contributed by atoms with E-state index in [0.717, 1.165) is 6.26 Å². The number of benzene rings is 1. The Morgan fingerprint density at radius 2 is 1.59 bits per heavy atom. The minimum atomic E-state index is -3.67. The number of hydrogen-bond donors (Lipinski definition) is 0. The van der Waals surface area contributed by atoms with Crippen LogP contribution in [-0.4, -0.2) is 52.2 Å². The van der Waals surface area contributed by atoms with Gasteiger partial charge in [-0.25, -0.2) is 16.8 Å². The highest BCUT2D eigenvalue weighted by molar-refractivity contribution is 7.90. The van der Waals surface area contributed by atoms with Crippen LogP contribution in [0.15, 0.2) is 34.1 Å². The molecule has 0 saturated carbocycles. The number of morpholine rings is 1. The molecule has 1 aliphatic heterocycles. The molecule has 0 bridgehead atoms. The summed E-state index contributed by atoms with van der Waals surface area (Å²) in [6.07, 6.45) is 0.886. The zero-order chi connectivity index (χ0) is 16.8. The van der Waals surface area contributed by atoms with E-state index in [1.165, 1.54) is 28.6 Å². The summed E-state index contributed by atoms with van der Waals surface area (Å²) in [6.45, 7) is 6.05. The molecule has 0 radical (unpaired) electrons. The molecule has 1 atom stereocenters. The molecule has 0 aromatic heterocycles. The quantitative estimate of drug-likeness (QED) is 0.823. The van der Waals surface area contributed by atoms with Crippen molar-refractivity contribution in [2.24, 2.45) is 0 Å². The minimum absolute atomic E-state index is 0.0878. The maximum Gasteiger partial charge on any atom is 0.243 e. The molecule has 1 heterocycles. The largest absolute Gasteiger partial charge is 0.370 e. The van der Waals surface area contributed by atoms with Gasteiger partial charge in [0.1, 0.15) is 0 Å². The highest BCUT2D eigenvalue weighted by atomic mass is 32.2. The van der Waals surface area contributed by atoms with E-state index in [-0.39, 0.29) is 29.0 Å². The summed E-state index contributed by atoms with van der Waals surface area (Å²) in [5.74, 6) is 0. The molecule has 0 spiro atoms. The Hall–Kier alpha value is -0.960. The first-order valence-corrected chi connectivity index (χ1v) is 10.2. The van der Waals surface area contributed by atoms with Crippen molar-refractivity contribution in [3.05, 3.63) is 24.3 Å². The predicted octanol–water partition coefficient (Wildman–Crippen LogP) is 1.28. The third kappa shape index (κ3) is 3.68. The first-order valence-electron chi connectivity index (χ1n) is 6.90. The number of sulfonamides is 1. The van der Waals surface area contributed by atoms with Crippen molar-refractivity contribution in [1.82, 2.24) is 4.31 Å². The average Bonchev–Trinajstić information content (AvgIpc) is 2.35.